The van der Waals surface area contributed by atoms with E-state index in [2.05, 4.69) is 9.98 Å². The van der Waals surface area contributed by atoms with E-state index in [9.17, 15) is 26.3 Å². The summed E-state index contributed by atoms with van der Waals surface area (Å²) in [7, 11) is 1.53. The smallest absolute Gasteiger partial charge is 0.435 e. The van der Waals surface area contributed by atoms with Gasteiger partial charge in [0.2, 0.25) is 5.88 Å². The predicted molar refractivity (Wildman–Crippen MR) is 90.3 cm³/mol. The number of hydrogen-bond donors (Lipinski definition) is 0. The zero-order valence-corrected chi connectivity index (χ0v) is 15.6. The van der Waals surface area contributed by atoms with E-state index in [1.807, 2.05) is 13.8 Å². The number of rotatable bonds is 8. The summed E-state index contributed by atoms with van der Waals surface area (Å²) in [5, 5.41) is 0. The van der Waals surface area contributed by atoms with Crippen LogP contribution < -0.4 is 4.74 Å². The maximum Gasteiger partial charge on any atom is 0.435 e. The van der Waals surface area contributed by atoms with Crippen LogP contribution in [0.4, 0.5) is 32.0 Å². The van der Waals surface area contributed by atoms with Gasteiger partial charge < -0.3 is 9.64 Å². The third-order valence-electron chi connectivity index (χ3n) is 3.60. The van der Waals surface area contributed by atoms with E-state index in [4.69, 9.17) is 4.74 Å². The summed E-state index contributed by atoms with van der Waals surface area (Å²) in [5.41, 5.74) is -3.81. The Morgan fingerprint density at radius 2 is 1.81 bits per heavy atom. The summed E-state index contributed by atoms with van der Waals surface area (Å²) in [6, 6.07) is 0.327. The largest absolute Gasteiger partial charge is 0.477 e. The normalized spacial score (nSPS) is 12.9. The number of pyridine rings is 1. The number of alkyl halides is 6. The van der Waals surface area contributed by atoms with Crippen molar-refractivity contribution in [1.29, 1.82) is 0 Å². The van der Waals surface area contributed by atoms with Crippen LogP contribution in [0.1, 0.15) is 44.9 Å². The molecule has 1 heterocycles. The van der Waals surface area contributed by atoms with Crippen molar-refractivity contribution in [3.05, 3.63) is 17.3 Å². The van der Waals surface area contributed by atoms with E-state index >= 15 is 0 Å². The van der Waals surface area contributed by atoms with Crippen LogP contribution in [0.2, 0.25) is 0 Å². The molecule has 0 N–H and O–H groups in total. The van der Waals surface area contributed by atoms with Gasteiger partial charge in [-0.2, -0.15) is 26.3 Å². The first-order chi connectivity index (χ1) is 12.4. The first-order valence-corrected chi connectivity index (χ1v) is 8.42. The van der Waals surface area contributed by atoms with Crippen molar-refractivity contribution in [1.82, 2.24) is 9.88 Å². The molecule has 0 bridgehead atoms. The minimum absolute atomic E-state index is 0.160. The molecule has 0 aromatic carbocycles. The number of ether oxygens (including phenoxy) is 1. The Morgan fingerprint density at radius 3 is 2.30 bits per heavy atom. The summed E-state index contributed by atoms with van der Waals surface area (Å²) < 4.78 is 84.7. The van der Waals surface area contributed by atoms with Gasteiger partial charge in [-0.1, -0.05) is 13.8 Å². The Morgan fingerprint density at radius 1 is 1.19 bits per heavy atom. The highest BCUT2D eigenvalue weighted by Gasteiger charge is 2.42. The van der Waals surface area contributed by atoms with Crippen LogP contribution in [0.25, 0.3) is 0 Å². The van der Waals surface area contributed by atoms with Gasteiger partial charge in [0.1, 0.15) is 5.56 Å². The molecule has 0 saturated carbocycles. The molecule has 27 heavy (non-hydrogen) atoms. The van der Waals surface area contributed by atoms with Crippen LogP contribution in [0.5, 0.6) is 5.88 Å². The highest BCUT2D eigenvalue weighted by Crippen LogP contribution is 2.42. The summed E-state index contributed by atoms with van der Waals surface area (Å²) in [6.45, 7) is 5.81. The van der Waals surface area contributed by atoms with Crippen molar-refractivity contribution >= 4 is 12.0 Å². The van der Waals surface area contributed by atoms with Crippen molar-refractivity contribution in [2.75, 3.05) is 20.2 Å². The van der Waals surface area contributed by atoms with E-state index in [0.29, 0.717) is 31.4 Å². The molecule has 4 nitrogen and oxygen atoms in total. The third-order valence-corrected chi connectivity index (χ3v) is 3.60. The fraction of sp³-hybridized carbons (Fsp3) is 0.647. The van der Waals surface area contributed by atoms with Crippen LogP contribution in [-0.2, 0) is 12.4 Å². The molecule has 1 rings (SSSR count). The lowest BCUT2D eigenvalue weighted by atomic mass is 10.1. The second-order valence-corrected chi connectivity index (χ2v) is 6.41. The first kappa shape index (κ1) is 23.0. The Bertz CT molecular complexity index is 641. The molecule has 0 saturated heterocycles. The summed E-state index contributed by atoms with van der Waals surface area (Å²) in [5.74, 6) is -0.789. The summed E-state index contributed by atoms with van der Waals surface area (Å²) >= 11 is 0. The maximum atomic E-state index is 13.3. The molecule has 0 aliphatic heterocycles. The Hall–Kier alpha value is -2.00. The zero-order chi connectivity index (χ0) is 20.8. The molecule has 0 unspecified atom stereocenters. The fourth-order valence-corrected chi connectivity index (χ4v) is 2.01. The molecular formula is C17H23F6N3O. The monoisotopic (exact) mass is 399 g/mol. The van der Waals surface area contributed by atoms with Crippen molar-refractivity contribution in [2.24, 2.45) is 10.9 Å². The van der Waals surface area contributed by atoms with Gasteiger partial charge in [0.15, 0.2) is 5.69 Å². The average molecular weight is 399 g/mol. The van der Waals surface area contributed by atoms with Crippen LogP contribution in [0.15, 0.2) is 11.1 Å². The number of nitrogens with zero attached hydrogens (tertiary/aromatic N) is 3. The van der Waals surface area contributed by atoms with Crippen molar-refractivity contribution in [3.8, 4) is 5.88 Å². The van der Waals surface area contributed by atoms with Gasteiger partial charge >= 0.3 is 12.4 Å². The van der Waals surface area contributed by atoms with Crippen LogP contribution in [-0.4, -0.2) is 36.4 Å². The SMILES string of the molecule is CCN(C)C=Nc1cc(C(F)(F)F)c(OCCCC(C)C)nc1C(F)(F)F. The molecule has 154 valence electrons. The van der Waals surface area contributed by atoms with Gasteiger partial charge in [-0.15, -0.1) is 0 Å². The lowest BCUT2D eigenvalue weighted by Crippen LogP contribution is -2.17. The molecule has 0 atom stereocenters. The van der Waals surface area contributed by atoms with Gasteiger partial charge in [0.05, 0.1) is 18.6 Å². The van der Waals surface area contributed by atoms with E-state index in [1.165, 1.54) is 11.9 Å². The van der Waals surface area contributed by atoms with Crippen LogP contribution in [0, 0.1) is 5.92 Å². The number of halogens is 6. The first-order valence-electron chi connectivity index (χ1n) is 8.42. The van der Waals surface area contributed by atoms with Gasteiger partial charge in [0.25, 0.3) is 0 Å². The maximum absolute atomic E-state index is 13.3. The minimum atomic E-state index is -4.97. The Kier molecular flexibility index (Phi) is 7.91. The molecule has 0 amide bonds. The van der Waals surface area contributed by atoms with Crippen molar-refractivity contribution in [2.45, 2.75) is 46.0 Å². The molecule has 0 fully saturated rings. The Balaban J connectivity index is 3.34. The highest BCUT2D eigenvalue weighted by molar-refractivity contribution is 5.63. The van der Waals surface area contributed by atoms with E-state index in [-0.39, 0.29) is 6.61 Å². The van der Waals surface area contributed by atoms with E-state index in [0.717, 1.165) is 6.34 Å². The lowest BCUT2D eigenvalue weighted by molar-refractivity contribution is -0.145. The van der Waals surface area contributed by atoms with Gasteiger partial charge in [-0.25, -0.2) is 9.98 Å². The summed E-state index contributed by atoms with van der Waals surface area (Å²) in [4.78, 5) is 8.09. The molecular weight excluding hydrogens is 376 g/mol. The topological polar surface area (TPSA) is 37.7 Å². The third kappa shape index (κ3) is 7.26. The molecule has 1 aromatic rings. The Labute approximate surface area is 154 Å². The quantitative estimate of drug-likeness (QED) is 0.249. The molecule has 0 aliphatic carbocycles. The van der Waals surface area contributed by atoms with Crippen molar-refractivity contribution < 1.29 is 31.1 Å². The lowest BCUT2D eigenvalue weighted by Gasteiger charge is -2.18. The molecule has 0 spiro atoms. The molecule has 1 aromatic heterocycles. The van der Waals surface area contributed by atoms with Gasteiger partial charge in [0, 0.05) is 13.6 Å². The number of aliphatic imine (C=N–C) groups is 1. The number of aromatic nitrogens is 1. The second kappa shape index (κ2) is 9.27. The van der Waals surface area contributed by atoms with E-state index in [1.54, 1.807) is 6.92 Å². The fourth-order valence-electron chi connectivity index (χ4n) is 2.01. The zero-order valence-electron chi connectivity index (χ0n) is 15.6. The average Bonchev–Trinajstić information content (AvgIpc) is 2.54. The second-order valence-electron chi connectivity index (χ2n) is 6.41. The molecule has 10 heteroatoms. The number of hydrogen-bond acceptors (Lipinski definition) is 3. The predicted octanol–water partition coefficient (Wildman–Crippen LogP) is 5.55. The summed E-state index contributed by atoms with van der Waals surface area (Å²) in [6.07, 6.45) is -7.81. The molecule has 0 aliphatic rings. The highest BCUT2D eigenvalue weighted by atomic mass is 19.4. The van der Waals surface area contributed by atoms with Gasteiger partial charge in [-0.3, -0.25) is 0 Å². The van der Waals surface area contributed by atoms with E-state index < -0.39 is 35.2 Å². The standard InChI is InChI=1S/C17H23F6N3O/c1-5-26(4)10-24-13-9-12(16(18,19)20)15(25-14(13)17(21,22)23)27-8-6-7-11(2)3/h9-11H,5-8H2,1-4H3. The van der Waals surface area contributed by atoms with Crippen LogP contribution >= 0.6 is 0 Å². The minimum Gasteiger partial charge on any atom is -0.477 e. The van der Waals surface area contributed by atoms with Crippen LogP contribution in [0.3, 0.4) is 0 Å². The van der Waals surface area contributed by atoms with Crippen molar-refractivity contribution in [3.63, 3.8) is 0 Å². The van der Waals surface area contributed by atoms with Gasteiger partial charge in [-0.05, 0) is 31.7 Å². The molecule has 0 radical (unpaired) electrons.